The summed E-state index contributed by atoms with van der Waals surface area (Å²) in [4.78, 5) is 80.1. The highest BCUT2D eigenvalue weighted by molar-refractivity contribution is 6.68. The lowest BCUT2D eigenvalue weighted by Crippen LogP contribution is -2.18. The molecule has 0 saturated carbocycles. The van der Waals surface area contributed by atoms with E-state index in [0.29, 0.717) is 152 Å². The molecule has 28 heteroatoms. The first-order valence-electron chi connectivity index (χ1n) is 35.3. The van der Waals surface area contributed by atoms with Gasteiger partial charge in [0.05, 0.1) is 146 Å². The molecule has 0 N–H and O–H groups in total. The van der Waals surface area contributed by atoms with E-state index in [2.05, 4.69) is 0 Å². The molecule has 0 bridgehead atoms. The quantitative estimate of drug-likeness (QED) is 0.108. The lowest BCUT2D eigenvalue weighted by atomic mass is 9.85. The number of halogens is 16. The second-order valence-corrected chi connectivity index (χ2v) is 35.0. The Morgan fingerprint density at radius 1 is 0.164 bits per heavy atom. The molecule has 0 radical (unpaired) electrons. The molecular weight excluding hydrogens is 1800 g/mol. The molecular formula is C88H24Cl16N8O4. The molecule has 12 nitrogen and oxygen atoms in total. The van der Waals surface area contributed by atoms with Crippen molar-refractivity contribution in [1.82, 2.24) is 37.5 Å². The minimum Gasteiger partial charge on any atom is -0.268 e. The van der Waals surface area contributed by atoms with E-state index in [1.165, 1.54) is 17.6 Å². The number of benzene rings is 18. The maximum Gasteiger partial charge on any atom is 0.266 e. The molecule has 0 aliphatic rings. The van der Waals surface area contributed by atoms with E-state index in [1.54, 1.807) is 0 Å². The van der Waals surface area contributed by atoms with Crippen molar-refractivity contribution in [2.45, 2.75) is 0 Å². The van der Waals surface area contributed by atoms with Crippen molar-refractivity contribution in [2.75, 3.05) is 0 Å². The summed E-state index contributed by atoms with van der Waals surface area (Å²) in [5, 5.41) is 14.6. The normalized spacial score (nSPS) is 13.0. The van der Waals surface area contributed by atoms with Crippen LogP contribution in [0, 0.1) is 0 Å². The molecule has 552 valence electrons. The largest absolute Gasteiger partial charge is 0.268 e. The zero-order chi connectivity index (χ0) is 79.1. The minimum atomic E-state index is -0.475. The smallest absolute Gasteiger partial charge is 0.266 e. The van der Waals surface area contributed by atoms with Gasteiger partial charge in [-0.25, -0.2) is 19.9 Å². The van der Waals surface area contributed by atoms with Crippen LogP contribution in [-0.2, 0) is 0 Å². The minimum absolute atomic E-state index is 0.00465. The van der Waals surface area contributed by atoms with Crippen molar-refractivity contribution in [1.29, 1.82) is 0 Å². The van der Waals surface area contributed by atoms with Gasteiger partial charge < -0.3 is 0 Å². The van der Waals surface area contributed by atoms with Crippen LogP contribution in [0.15, 0.2) is 165 Å². The van der Waals surface area contributed by atoms with Gasteiger partial charge in [-0.05, 0) is 70.1 Å². The van der Waals surface area contributed by atoms with Crippen LogP contribution < -0.4 is 22.2 Å². The fraction of sp³-hybridized carbons (Fsp3) is 0. The highest BCUT2D eigenvalue weighted by atomic mass is 35.5. The fourth-order valence-electron chi connectivity index (χ4n) is 19.4. The van der Waals surface area contributed by atoms with Gasteiger partial charge in [0, 0.05) is 129 Å². The monoisotopic (exact) mass is 1820 g/mol. The zero-order valence-corrected chi connectivity index (χ0v) is 69.2. The molecule has 116 heavy (non-hydrogen) atoms. The van der Waals surface area contributed by atoms with E-state index in [0.717, 1.165) is 43.1 Å². The summed E-state index contributed by atoms with van der Waals surface area (Å²) >= 11 is 118. The SMILES string of the molecule is O=c1c2c(Cl)c(Cl)c3c4c(Cl)c(Cl)c5c(=O)n6c7cccc8cccc(nc6c6c(Cl)c(Cl)c(c9c(Cl)c(Cl)c(c2c39)c2nc3cccc9cccc(c93)n12)c4c56)c87.O=c1c2c(Cl)c(Cl)c3c4c(Cl)c(Cl)c5c6c(c(Cl)c(Cl)c(c7c(Cl)c(Cl)c(c2c37)c2nc3cccc7cccc(c73)n12)c46)c(=O)n1c2cccc3cccc(nc51)c32. The number of hydrogen-bond donors (Lipinski definition) is 0. The Morgan fingerprint density at radius 2 is 0.310 bits per heavy atom. The predicted molar refractivity (Wildman–Crippen MR) is 490 cm³/mol. The second kappa shape index (κ2) is 23.4. The van der Waals surface area contributed by atoms with Crippen LogP contribution in [0.5, 0.6) is 0 Å². The Hall–Kier alpha value is -9.20. The average Bonchev–Trinajstić information content (AvgIpc) is 0.662. The predicted octanol–water partition coefficient (Wildman–Crippen LogP) is 29.6. The third-order valence-corrected chi connectivity index (χ3v) is 30.6. The van der Waals surface area contributed by atoms with Gasteiger partial charge in [-0.3, -0.25) is 36.8 Å². The summed E-state index contributed by atoms with van der Waals surface area (Å²) in [6.07, 6.45) is 0. The van der Waals surface area contributed by atoms with Crippen molar-refractivity contribution in [3.05, 3.63) is 267 Å². The van der Waals surface area contributed by atoms with Crippen molar-refractivity contribution in [3.8, 4) is 0 Å². The van der Waals surface area contributed by atoms with Crippen molar-refractivity contribution >= 4 is 425 Å². The van der Waals surface area contributed by atoms with Gasteiger partial charge in [-0.15, -0.1) is 0 Å². The topological polar surface area (TPSA) is 137 Å². The molecule has 8 heterocycles. The molecule has 26 aromatic rings. The molecule has 18 aromatic carbocycles. The van der Waals surface area contributed by atoms with Gasteiger partial charge in [0.15, 0.2) is 0 Å². The van der Waals surface area contributed by atoms with Crippen molar-refractivity contribution in [3.63, 3.8) is 0 Å². The molecule has 0 unspecified atom stereocenters. The molecule has 0 aliphatic heterocycles. The number of hydrogen-bond acceptors (Lipinski definition) is 8. The molecule has 0 fully saturated rings. The summed E-state index contributed by atoms with van der Waals surface area (Å²) in [7, 11) is 0. The standard InChI is InChI=1S/2C44H12Cl8N4O2/c45-33-25-21-23-29(37(33)49)41-53-15-9-1-5-13-7-3-11-17(19(13)15)55(41)43(57)31(23)39(51)35(47)27(21)26-22-24-30(38(50)34(26)46)42-54-16-10-2-6-14-8-4-12-18(20(14)16)56(42)44(58)32(24)40(52)36(48)28(22)25;45-33-25-21-23-29(37(33)49)41-53-15-9-1-5-13-7-3-11-17(19(13)15)55(41)43(57)31(23)39(51)35(47)27(21)28-22-24-30(38(50)34(46)26(22)25)42-54-16-10-2-6-14-8-4-12-18(20(14)16)56(42)44(58)32(24)40(52)36(28)48/h2*1-12H. The Morgan fingerprint density at radius 3 is 0.491 bits per heavy atom. The number of fused-ring (bicyclic) bond motifs is 16. The first-order chi connectivity index (χ1) is 56.0. The Bertz CT molecular complexity index is 8530. The second-order valence-electron chi connectivity index (χ2n) is 28.9. The third-order valence-electron chi connectivity index (χ3n) is 23.8. The van der Waals surface area contributed by atoms with E-state index in [1.807, 2.05) is 146 Å². The Labute approximate surface area is 722 Å². The maximum absolute atomic E-state index is 15.0. The highest BCUT2D eigenvalue weighted by Crippen LogP contribution is 2.62. The van der Waals surface area contributed by atoms with E-state index in [4.69, 9.17) is 206 Å². The van der Waals surface area contributed by atoms with Gasteiger partial charge in [0.2, 0.25) is 0 Å². The van der Waals surface area contributed by atoms with Gasteiger partial charge in [-0.2, -0.15) is 0 Å². The maximum atomic E-state index is 15.0. The summed E-state index contributed by atoms with van der Waals surface area (Å²) < 4.78 is 5.98. The first-order valence-corrected chi connectivity index (χ1v) is 41.3. The van der Waals surface area contributed by atoms with E-state index >= 15 is 19.2 Å². The zero-order valence-electron chi connectivity index (χ0n) is 57.1. The summed E-state index contributed by atoms with van der Waals surface area (Å²) in [5.74, 6) is 0. The Balaban J connectivity index is 0.000000130. The van der Waals surface area contributed by atoms with Crippen LogP contribution in [0.2, 0.25) is 80.4 Å². The van der Waals surface area contributed by atoms with E-state index < -0.39 is 22.2 Å². The summed E-state index contributed by atoms with van der Waals surface area (Å²) in [6.45, 7) is 0. The van der Waals surface area contributed by atoms with Gasteiger partial charge in [0.25, 0.3) is 22.2 Å². The van der Waals surface area contributed by atoms with Crippen LogP contribution in [0.1, 0.15) is 0 Å². The summed E-state index contributed by atoms with van der Waals surface area (Å²) in [5.41, 5.74) is 4.08. The molecule has 0 amide bonds. The third kappa shape index (κ3) is 8.04. The number of aromatic nitrogens is 8. The number of nitrogens with zero attached hydrogens (tertiary/aromatic N) is 8. The van der Waals surface area contributed by atoms with Crippen LogP contribution in [0.25, 0.3) is 239 Å². The van der Waals surface area contributed by atoms with Gasteiger partial charge >= 0.3 is 0 Å². The molecule has 8 aromatic heterocycles. The first kappa shape index (κ1) is 69.9. The van der Waals surface area contributed by atoms with Crippen LogP contribution >= 0.6 is 186 Å². The molecule has 0 atom stereocenters. The van der Waals surface area contributed by atoms with E-state index in [-0.39, 0.29) is 124 Å². The van der Waals surface area contributed by atoms with Gasteiger partial charge in [0.1, 0.15) is 22.6 Å². The molecule has 0 spiro atoms. The van der Waals surface area contributed by atoms with Crippen molar-refractivity contribution < 1.29 is 0 Å². The molecule has 26 rings (SSSR count). The van der Waals surface area contributed by atoms with Crippen LogP contribution in [0.3, 0.4) is 0 Å². The number of rotatable bonds is 0. The van der Waals surface area contributed by atoms with Crippen LogP contribution in [-0.4, -0.2) is 37.5 Å². The highest BCUT2D eigenvalue weighted by Gasteiger charge is 2.38. The average molecular weight is 1820 g/mol. The lowest BCUT2D eigenvalue weighted by molar-refractivity contribution is 1.15. The fourth-order valence-corrected chi connectivity index (χ4v) is 23.9. The number of pyridine rings is 4. The van der Waals surface area contributed by atoms with Crippen molar-refractivity contribution in [2.24, 2.45) is 0 Å². The molecule has 0 saturated heterocycles. The summed E-state index contributed by atoms with van der Waals surface area (Å²) in [6, 6.07) is 45.5. The Kier molecular flexibility index (Phi) is 14.1. The van der Waals surface area contributed by atoms with Crippen LogP contribution in [0.4, 0.5) is 0 Å². The lowest BCUT2D eigenvalue weighted by Gasteiger charge is -2.25. The van der Waals surface area contributed by atoms with E-state index in [9.17, 15) is 0 Å². The van der Waals surface area contributed by atoms with Gasteiger partial charge in [-0.1, -0.05) is 283 Å². The molecule has 0 aliphatic carbocycles.